The van der Waals surface area contributed by atoms with Crippen LogP contribution in [0.15, 0.2) is 12.1 Å². The molecule has 0 unspecified atom stereocenters. The molecule has 0 atom stereocenters. The van der Waals surface area contributed by atoms with Crippen molar-refractivity contribution in [1.82, 2.24) is 5.32 Å². The Morgan fingerprint density at radius 1 is 1.10 bits per heavy atom. The lowest BCUT2D eigenvalue weighted by atomic mass is 10.0. The number of ether oxygens (including phenoxy) is 2. The SMILES string of the molecule is Cc1cc(CNC2CC2)cc(C)c1OCC1CCOCC1. The fourth-order valence-electron chi connectivity index (χ4n) is 3.03. The van der Waals surface area contributed by atoms with Crippen LogP contribution in [-0.2, 0) is 11.3 Å². The van der Waals surface area contributed by atoms with Crippen LogP contribution in [0.3, 0.4) is 0 Å². The van der Waals surface area contributed by atoms with Crippen molar-refractivity contribution in [1.29, 1.82) is 0 Å². The molecule has 1 saturated carbocycles. The molecule has 1 N–H and O–H groups in total. The van der Waals surface area contributed by atoms with Gasteiger partial charge in [-0.3, -0.25) is 0 Å². The molecule has 116 valence electrons. The van der Waals surface area contributed by atoms with Crippen LogP contribution < -0.4 is 10.1 Å². The summed E-state index contributed by atoms with van der Waals surface area (Å²) in [5.74, 6) is 1.73. The molecule has 0 spiro atoms. The number of aryl methyl sites for hydroxylation is 2. The third-order valence-electron chi connectivity index (χ3n) is 4.50. The molecule has 1 heterocycles. The molecule has 21 heavy (non-hydrogen) atoms. The Morgan fingerprint density at radius 2 is 1.76 bits per heavy atom. The Bertz CT molecular complexity index is 453. The summed E-state index contributed by atoms with van der Waals surface area (Å²) in [5.41, 5.74) is 3.89. The molecule has 2 fully saturated rings. The molecule has 1 aliphatic heterocycles. The Kier molecular flexibility index (Phi) is 4.81. The number of benzene rings is 1. The third-order valence-corrected chi connectivity index (χ3v) is 4.50. The van der Waals surface area contributed by atoms with Gasteiger partial charge in [-0.05, 0) is 62.1 Å². The van der Waals surface area contributed by atoms with Crippen molar-refractivity contribution in [2.75, 3.05) is 19.8 Å². The Balaban J connectivity index is 1.58. The third kappa shape index (κ3) is 4.21. The largest absolute Gasteiger partial charge is 0.493 e. The lowest BCUT2D eigenvalue weighted by Gasteiger charge is -2.23. The number of nitrogens with one attached hydrogen (secondary N) is 1. The fraction of sp³-hybridized carbons (Fsp3) is 0.667. The molecule has 1 saturated heterocycles. The maximum Gasteiger partial charge on any atom is 0.125 e. The van der Waals surface area contributed by atoms with E-state index in [0.29, 0.717) is 5.92 Å². The van der Waals surface area contributed by atoms with Crippen LogP contribution in [-0.4, -0.2) is 25.9 Å². The number of hydrogen-bond donors (Lipinski definition) is 1. The highest BCUT2D eigenvalue weighted by Crippen LogP contribution is 2.27. The minimum atomic E-state index is 0.647. The van der Waals surface area contributed by atoms with Gasteiger partial charge in [0.2, 0.25) is 0 Å². The predicted octanol–water partition coefficient (Wildman–Crippen LogP) is 3.36. The van der Waals surface area contributed by atoms with Gasteiger partial charge in [-0.2, -0.15) is 0 Å². The first-order chi connectivity index (χ1) is 10.2. The Labute approximate surface area is 128 Å². The second-order valence-corrected chi connectivity index (χ2v) is 6.58. The summed E-state index contributed by atoms with van der Waals surface area (Å²) in [7, 11) is 0. The van der Waals surface area contributed by atoms with Gasteiger partial charge in [0.05, 0.1) is 6.61 Å². The first-order valence-electron chi connectivity index (χ1n) is 8.26. The zero-order valence-corrected chi connectivity index (χ0v) is 13.3. The highest BCUT2D eigenvalue weighted by atomic mass is 16.5. The lowest BCUT2D eigenvalue weighted by Crippen LogP contribution is -2.22. The van der Waals surface area contributed by atoms with Crippen molar-refractivity contribution in [3.63, 3.8) is 0 Å². The van der Waals surface area contributed by atoms with E-state index in [2.05, 4.69) is 31.3 Å². The summed E-state index contributed by atoms with van der Waals surface area (Å²) in [6.07, 6.45) is 4.93. The van der Waals surface area contributed by atoms with Crippen LogP contribution in [0.25, 0.3) is 0 Å². The van der Waals surface area contributed by atoms with E-state index in [-0.39, 0.29) is 0 Å². The van der Waals surface area contributed by atoms with E-state index < -0.39 is 0 Å². The van der Waals surface area contributed by atoms with Crippen LogP contribution in [0, 0.1) is 19.8 Å². The lowest BCUT2D eigenvalue weighted by molar-refractivity contribution is 0.0495. The average molecular weight is 289 g/mol. The second-order valence-electron chi connectivity index (χ2n) is 6.58. The summed E-state index contributed by atoms with van der Waals surface area (Å²) in [5, 5.41) is 3.58. The second kappa shape index (κ2) is 6.80. The first kappa shape index (κ1) is 14.9. The van der Waals surface area contributed by atoms with Crippen molar-refractivity contribution in [2.45, 2.75) is 52.1 Å². The zero-order valence-electron chi connectivity index (χ0n) is 13.3. The molecule has 1 aliphatic carbocycles. The molecule has 0 aromatic heterocycles. The molecule has 1 aromatic carbocycles. The molecular weight excluding hydrogens is 262 g/mol. The average Bonchev–Trinajstić information content (AvgIpc) is 3.29. The normalized spacial score (nSPS) is 19.7. The highest BCUT2D eigenvalue weighted by molar-refractivity contribution is 5.43. The maximum atomic E-state index is 6.12. The van der Waals surface area contributed by atoms with Crippen LogP contribution in [0.2, 0.25) is 0 Å². The molecule has 0 bridgehead atoms. The summed E-state index contributed by atoms with van der Waals surface area (Å²) >= 11 is 0. The van der Waals surface area contributed by atoms with Gasteiger partial charge in [-0.1, -0.05) is 12.1 Å². The van der Waals surface area contributed by atoms with Gasteiger partial charge in [-0.15, -0.1) is 0 Å². The topological polar surface area (TPSA) is 30.5 Å². The van der Waals surface area contributed by atoms with E-state index in [9.17, 15) is 0 Å². The highest BCUT2D eigenvalue weighted by Gasteiger charge is 2.20. The van der Waals surface area contributed by atoms with Gasteiger partial charge < -0.3 is 14.8 Å². The summed E-state index contributed by atoms with van der Waals surface area (Å²) in [6, 6.07) is 5.29. The summed E-state index contributed by atoms with van der Waals surface area (Å²) in [4.78, 5) is 0. The van der Waals surface area contributed by atoms with E-state index in [4.69, 9.17) is 9.47 Å². The van der Waals surface area contributed by atoms with Gasteiger partial charge >= 0.3 is 0 Å². The van der Waals surface area contributed by atoms with Crippen molar-refractivity contribution in [3.8, 4) is 5.75 Å². The zero-order chi connectivity index (χ0) is 14.7. The number of hydrogen-bond acceptors (Lipinski definition) is 3. The van der Waals surface area contributed by atoms with Crippen LogP contribution >= 0.6 is 0 Å². The standard InChI is InChI=1S/C18H27NO2/c1-13-9-16(11-19-17-3-4-17)10-14(2)18(13)21-12-15-5-7-20-8-6-15/h9-10,15,17,19H,3-8,11-12H2,1-2H3. The number of rotatable bonds is 6. The quantitative estimate of drug-likeness (QED) is 0.871. The molecule has 3 heteroatoms. The molecule has 0 amide bonds. The van der Waals surface area contributed by atoms with E-state index in [1.165, 1.54) is 29.5 Å². The molecule has 1 aromatic rings. The van der Waals surface area contributed by atoms with Gasteiger partial charge in [-0.25, -0.2) is 0 Å². The van der Waals surface area contributed by atoms with Gasteiger partial charge in [0, 0.05) is 25.8 Å². The molecule has 2 aliphatic rings. The van der Waals surface area contributed by atoms with Gasteiger partial charge in [0.1, 0.15) is 5.75 Å². The van der Waals surface area contributed by atoms with Gasteiger partial charge in [0.15, 0.2) is 0 Å². The molecule has 3 nitrogen and oxygen atoms in total. The van der Waals surface area contributed by atoms with Crippen molar-refractivity contribution in [2.24, 2.45) is 5.92 Å². The summed E-state index contributed by atoms with van der Waals surface area (Å²) in [6.45, 7) is 7.90. The summed E-state index contributed by atoms with van der Waals surface area (Å²) < 4.78 is 11.5. The Hall–Kier alpha value is -1.06. The first-order valence-corrected chi connectivity index (χ1v) is 8.26. The molecular formula is C18H27NO2. The van der Waals surface area contributed by atoms with Crippen LogP contribution in [0.4, 0.5) is 0 Å². The Morgan fingerprint density at radius 3 is 2.38 bits per heavy atom. The minimum Gasteiger partial charge on any atom is -0.493 e. The van der Waals surface area contributed by atoms with E-state index >= 15 is 0 Å². The maximum absolute atomic E-state index is 6.12. The van der Waals surface area contributed by atoms with E-state index in [1.807, 2.05) is 0 Å². The smallest absolute Gasteiger partial charge is 0.125 e. The predicted molar refractivity (Wildman–Crippen MR) is 84.8 cm³/mol. The van der Waals surface area contributed by atoms with Crippen LogP contribution in [0.5, 0.6) is 5.75 Å². The fourth-order valence-corrected chi connectivity index (χ4v) is 3.03. The van der Waals surface area contributed by atoms with Gasteiger partial charge in [0.25, 0.3) is 0 Å². The monoisotopic (exact) mass is 289 g/mol. The minimum absolute atomic E-state index is 0.647. The van der Waals surface area contributed by atoms with E-state index in [0.717, 1.165) is 51.0 Å². The molecule has 0 radical (unpaired) electrons. The van der Waals surface area contributed by atoms with Crippen molar-refractivity contribution < 1.29 is 9.47 Å². The van der Waals surface area contributed by atoms with Crippen molar-refractivity contribution in [3.05, 3.63) is 28.8 Å². The van der Waals surface area contributed by atoms with E-state index in [1.54, 1.807) is 0 Å². The van der Waals surface area contributed by atoms with Crippen LogP contribution in [0.1, 0.15) is 42.4 Å². The molecule has 3 rings (SSSR count). The van der Waals surface area contributed by atoms with Crippen molar-refractivity contribution >= 4 is 0 Å².